The Bertz CT molecular complexity index is 764. The van der Waals surface area contributed by atoms with Crippen molar-refractivity contribution in [2.24, 2.45) is 0 Å². The second-order valence-corrected chi connectivity index (χ2v) is 6.18. The van der Waals surface area contributed by atoms with E-state index in [2.05, 4.69) is 5.32 Å². The Morgan fingerprint density at radius 3 is 2.42 bits per heavy atom. The number of ether oxygens (including phenoxy) is 1. The molecule has 2 aromatic carbocycles. The van der Waals surface area contributed by atoms with Crippen molar-refractivity contribution in [3.8, 4) is 0 Å². The van der Waals surface area contributed by atoms with E-state index >= 15 is 0 Å². The third-order valence-corrected chi connectivity index (χ3v) is 4.42. The topological polar surface area (TPSA) is 55.4 Å². The van der Waals surface area contributed by atoms with Crippen LogP contribution in [0.25, 0.3) is 0 Å². The average Bonchev–Trinajstić information content (AvgIpc) is 2.55. The maximum Gasteiger partial charge on any atom is 0.340 e. The highest BCUT2D eigenvalue weighted by Crippen LogP contribution is 2.26. The lowest BCUT2D eigenvalue weighted by Crippen LogP contribution is -2.31. The maximum atomic E-state index is 12.0. The summed E-state index contributed by atoms with van der Waals surface area (Å²) in [7, 11) is 0. The van der Waals surface area contributed by atoms with Crippen LogP contribution in [-0.4, -0.2) is 18.5 Å². The summed E-state index contributed by atoms with van der Waals surface area (Å²) in [4.78, 5) is 23.9. The summed E-state index contributed by atoms with van der Waals surface area (Å²) >= 11 is 17.9. The molecule has 0 spiro atoms. The minimum atomic E-state index is -0.719. The summed E-state index contributed by atoms with van der Waals surface area (Å²) in [6, 6.07) is 11.5. The third kappa shape index (κ3) is 4.63. The number of carbonyl (C=O) groups excluding carboxylic acids is 2. The van der Waals surface area contributed by atoms with E-state index in [1.54, 1.807) is 31.2 Å². The van der Waals surface area contributed by atoms with Gasteiger partial charge < -0.3 is 10.1 Å². The molecule has 1 amide bonds. The largest absolute Gasteiger partial charge is 0.452 e. The van der Waals surface area contributed by atoms with Crippen LogP contribution >= 0.6 is 34.8 Å². The fourth-order valence-corrected chi connectivity index (χ4v) is 2.73. The Kier molecular flexibility index (Phi) is 6.49. The van der Waals surface area contributed by atoms with Crippen molar-refractivity contribution in [3.05, 3.63) is 68.7 Å². The molecular weight excluding hydrogens is 373 g/mol. The minimum Gasteiger partial charge on any atom is -0.452 e. The summed E-state index contributed by atoms with van der Waals surface area (Å²) in [6.07, 6.45) is 0. The van der Waals surface area contributed by atoms with E-state index in [4.69, 9.17) is 39.5 Å². The van der Waals surface area contributed by atoms with Gasteiger partial charge in [0.25, 0.3) is 5.91 Å². The van der Waals surface area contributed by atoms with Gasteiger partial charge in [-0.15, -0.1) is 0 Å². The van der Waals surface area contributed by atoms with E-state index < -0.39 is 18.5 Å². The lowest BCUT2D eigenvalue weighted by Gasteiger charge is -2.15. The van der Waals surface area contributed by atoms with Gasteiger partial charge in [-0.25, -0.2) is 4.79 Å². The molecule has 0 bridgehead atoms. The Balaban J connectivity index is 1.92. The molecule has 7 heteroatoms. The zero-order valence-electron chi connectivity index (χ0n) is 12.7. The molecule has 0 saturated carbocycles. The average molecular weight is 387 g/mol. The first kappa shape index (κ1) is 18.6. The van der Waals surface area contributed by atoms with E-state index in [0.717, 1.165) is 5.56 Å². The third-order valence-electron chi connectivity index (χ3n) is 3.26. The first-order chi connectivity index (χ1) is 11.4. The van der Waals surface area contributed by atoms with Gasteiger partial charge in [-0.05, 0) is 30.7 Å². The van der Waals surface area contributed by atoms with Gasteiger partial charge >= 0.3 is 5.97 Å². The highest BCUT2D eigenvalue weighted by atomic mass is 35.5. The molecule has 4 nitrogen and oxygen atoms in total. The lowest BCUT2D eigenvalue weighted by molar-refractivity contribution is -0.124. The van der Waals surface area contributed by atoms with Crippen LogP contribution < -0.4 is 5.32 Å². The predicted molar refractivity (Wildman–Crippen MR) is 94.8 cm³/mol. The van der Waals surface area contributed by atoms with E-state index in [-0.39, 0.29) is 21.7 Å². The van der Waals surface area contributed by atoms with Gasteiger partial charge in [-0.3, -0.25) is 4.79 Å². The normalized spacial score (nSPS) is 11.7. The van der Waals surface area contributed by atoms with Gasteiger partial charge in [-0.1, -0.05) is 59.1 Å². The van der Waals surface area contributed by atoms with Crippen LogP contribution in [0.3, 0.4) is 0 Å². The molecule has 24 heavy (non-hydrogen) atoms. The van der Waals surface area contributed by atoms with Crippen molar-refractivity contribution in [1.29, 1.82) is 0 Å². The van der Waals surface area contributed by atoms with Crippen molar-refractivity contribution in [1.82, 2.24) is 5.32 Å². The monoisotopic (exact) mass is 385 g/mol. The molecule has 0 fully saturated rings. The molecule has 0 aliphatic rings. The summed E-state index contributed by atoms with van der Waals surface area (Å²) in [5.74, 6) is -1.17. The van der Waals surface area contributed by atoms with E-state index in [9.17, 15) is 9.59 Å². The Morgan fingerprint density at radius 1 is 1.04 bits per heavy atom. The van der Waals surface area contributed by atoms with Crippen LogP contribution in [0.2, 0.25) is 15.1 Å². The molecule has 0 unspecified atom stereocenters. The first-order valence-corrected chi connectivity index (χ1v) is 8.18. The van der Waals surface area contributed by atoms with Crippen molar-refractivity contribution in [2.45, 2.75) is 13.0 Å². The summed E-state index contributed by atoms with van der Waals surface area (Å²) in [6.45, 7) is 1.35. The Morgan fingerprint density at radius 2 is 1.71 bits per heavy atom. The van der Waals surface area contributed by atoms with Gasteiger partial charge in [-0.2, -0.15) is 0 Å². The number of hydrogen-bond donors (Lipinski definition) is 1. The van der Waals surface area contributed by atoms with Crippen LogP contribution in [-0.2, 0) is 9.53 Å². The molecule has 0 aliphatic heterocycles. The highest BCUT2D eigenvalue weighted by Gasteiger charge is 2.17. The highest BCUT2D eigenvalue weighted by molar-refractivity contribution is 6.43. The van der Waals surface area contributed by atoms with E-state index in [0.29, 0.717) is 5.02 Å². The van der Waals surface area contributed by atoms with Crippen molar-refractivity contribution in [2.75, 3.05) is 6.61 Å². The number of rotatable bonds is 5. The molecule has 2 aromatic rings. The zero-order chi connectivity index (χ0) is 17.7. The summed E-state index contributed by atoms with van der Waals surface area (Å²) < 4.78 is 4.97. The van der Waals surface area contributed by atoms with Crippen molar-refractivity contribution in [3.63, 3.8) is 0 Å². The number of amides is 1. The van der Waals surface area contributed by atoms with E-state index in [1.807, 2.05) is 12.1 Å². The summed E-state index contributed by atoms with van der Waals surface area (Å²) in [5.41, 5.74) is 0.882. The molecule has 126 valence electrons. The molecular formula is C17H14Cl3NO3. The van der Waals surface area contributed by atoms with Crippen LogP contribution in [0.15, 0.2) is 42.5 Å². The number of hydrogen-bond acceptors (Lipinski definition) is 3. The lowest BCUT2D eigenvalue weighted by atomic mass is 10.1. The number of benzene rings is 2. The van der Waals surface area contributed by atoms with Crippen LogP contribution in [0, 0.1) is 0 Å². The van der Waals surface area contributed by atoms with Gasteiger partial charge in [0.05, 0.1) is 21.7 Å². The molecule has 1 N–H and O–H groups in total. The molecule has 0 radical (unpaired) electrons. The molecule has 0 heterocycles. The van der Waals surface area contributed by atoms with Crippen molar-refractivity contribution >= 4 is 46.7 Å². The second-order valence-electron chi connectivity index (χ2n) is 4.99. The smallest absolute Gasteiger partial charge is 0.340 e. The zero-order valence-corrected chi connectivity index (χ0v) is 15.0. The van der Waals surface area contributed by atoms with Crippen LogP contribution in [0.4, 0.5) is 0 Å². The van der Waals surface area contributed by atoms with Gasteiger partial charge in [0.1, 0.15) is 0 Å². The maximum absolute atomic E-state index is 12.0. The predicted octanol–water partition coefficient (Wildman–Crippen LogP) is 4.68. The fourth-order valence-electron chi connectivity index (χ4n) is 2.06. The van der Waals surface area contributed by atoms with Crippen molar-refractivity contribution < 1.29 is 14.3 Å². The van der Waals surface area contributed by atoms with Gasteiger partial charge in [0, 0.05) is 5.02 Å². The molecule has 1 atom stereocenters. The second kappa shape index (κ2) is 8.38. The SMILES string of the molecule is C[C@H](NC(=O)COC(=O)c1cccc(Cl)c1Cl)c1ccccc1Cl. The quantitative estimate of drug-likeness (QED) is 0.759. The van der Waals surface area contributed by atoms with Gasteiger partial charge in [0.2, 0.25) is 0 Å². The van der Waals surface area contributed by atoms with Gasteiger partial charge in [0.15, 0.2) is 6.61 Å². The fraction of sp³-hybridized carbons (Fsp3) is 0.176. The minimum absolute atomic E-state index is 0.0917. The number of esters is 1. The number of halogens is 3. The van der Waals surface area contributed by atoms with Crippen LogP contribution in [0.5, 0.6) is 0 Å². The summed E-state index contributed by atoms with van der Waals surface area (Å²) in [5, 5.41) is 3.59. The number of carbonyl (C=O) groups is 2. The van der Waals surface area contributed by atoms with Crippen LogP contribution in [0.1, 0.15) is 28.9 Å². The number of nitrogens with one attached hydrogen (secondary N) is 1. The molecule has 0 saturated heterocycles. The molecule has 0 aromatic heterocycles. The Hall–Kier alpha value is -1.75. The molecule has 2 rings (SSSR count). The Labute approximate surface area is 154 Å². The molecule has 0 aliphatic carbocycles. The first-order valence-electron chi connectivity index (χ1n) is 7.05. The standard InChI is InChI=1S/C17H14Cl3NO3/c1-10(11-5-2-3-7-13(11)18)21-15(22)9-24-17(23)12-6-4-8-14(19)16(12)20/h2-8,10H,9H2,1H3,(H,21,22)/t10-/m0/s1. The van der Waals surface area contributed by atoms with E-state index in [1.165, 1.54) is 6.07 Å².